The third-order valence-electron chi connectivity index (χ3n) is 5.09. The summed E-state index contributed by atoms with van der Waals surface area (Å²) in [7, 11) is 0. The van der Waals surface area contributed by atoms with Crippen LogP contribution in [-0.2, 0) is 14.3 Å². The first-order chi connectivity index (χ1) is 13.5. The molecule has 5 unspecified atom stereocenters. The lowest BCUT2D eigenvalue weighted by atomic mass is 10.0. The molecule has 1 aromatic rings. The number of nitrogens with one attached hydrogen (secondary N) is 1. The molecule has 5 atom stereocenters. The van der Waals surface area contributed by atoms with Gasteiger partial charge in [-0.2, -0.15) is 5.26 Å². The van der Waals surface area contributed by atoms with E-state index >= 15 is 0 Å². The summed E-state index contributed by atoms with van der Waals surface area (Å²) in [4.78, 5) is 26.5. The number of nitriles is 1. The van der Waals surface area contributed by atoms with Gasteiger partial charge in [-0.15, -0.1) is 11.8 Å². The number of nitrogens with zero attached hydrogens (tertiary/aromatic N) is 2. The number of carbonyl (C=O) groups excluding carboxylic acids is 2. The molecular weight excluding hydrogens is 442 g/mol. The Kier molecular flexibility index (Phi) is 6.89. The van der Waals surface area contributed by atoms with E-state index in [4.69, 9.17) is 4.74 Å². The quantitative estimate of drug-likeness (QED) is 0.590. The molecule has 1 saturated heterocycles. The van der Waals surface area contributed by atoms with Crippen LogP contribution in [0.25, 0.3) is 0 Å². The van der Waals surface area contributed by atoms with Gasteiger partial charge in [-0.05, 0) is 44.5 Å². The highest BCUT2D eigenvalue weighted by molar-refractivity contribution is 9.10. The SMILES string of the molecule is CCOC(=O)CC(C#N)CC1SC2C(Nc3ccc(Br)cc3)C2C(=O)N1CC. The Bertz CT molecular complexity index is 767. The van der Waals surface area contributed by atoms with E-state index in [1.807, 2.05) is 36.1 Å². The fourth-order valence-electron chi connectivity index (χ4n) is 3.63. The Labute approximate surface area is 178 Å². The molecule has 2 fully saturated rings. The van der Waals surface area contributed by atoms with Gasteiger partial charge in [-0.3, -0.25) is 9.59 Å². The summed E-state index contributed by atoms with van der Waals surface area (Å²) in [6, 6.07) is 10.2. The van der Waals surface area contributed by atoms with E-state index in [9.17, 15) is 14.9 Å². The average Bonchev–Trinajstić information content (AvgIpc) is 3.36. The number of rotatable bonds is 8. The maximum Gasteiger partial charge on any atom is 0.307 e. The highest BCUT2D eigenvalue weighted by Gasteiger charge is 2.61. The molecule has 150 valence electrons. The van der Waals surface area contributed by atoms with E-state index in [1.54, 1.807) is 18.7 Å². The van der Waals surface area contributed by atoms with Crippen molar-refractivity contribution in [2.24, 2.45) is 11.8 Å². The van der Waals surface area contributed by atoms with Gasteiger partial charge in [0.05, 0.1) is 42.3 Å². The molecule has 6 nitrogen and oxygen atoms in total. The Balaban J connectivity index is 1.64. The Morgan fingerprint density at radius 2 is 2.11 bits per heavy atom. The van der Waals surface area contributed by atoms with Crippen LogP contribution in [-0.4, -0.2) is 46.6 Å². The lowest BCUT2D eigenvalue weighted by Crippen LogP contribution is -2.44. The second kappa shape index (κ2) is 9.19. The number of amides is 1. The first-order valence-corrected chi connectivity index (χ1v) is 11.2. The lowest BCUT2D eigenvalue weighted by molar-refractivity contribution is -0.143. The van der Waals surface area contributed by atoms with Crippen LogP contribution in [0.5, 0.6) is 0 Å². The maximum atomic E-state index is 12.9. The highest BCUT2D eigenvalue weighted by atomic mass is 79.9. The minimum Gasteiger partial charge on any atom is -0.466 e. The molecule has 2 aliphatic rings. The van der Waals surface area contributed by atoms with Gasteiger partial charge in [0, 0.05) is 22.0 Å². The van der Waals surface area contributed by atoms with Crippen LogP contribution >= 0.6 is 27.7 Å². The van der Waals surface area contributed by atoms with Crippen molar-refractivity contribution in [3.05, 3.63) is 28.7 Å². The van der Waals surface area contributed by atoms with Crippen LogP contribution < -0.4 is 5.32 Å². The standard InChI is InChI=1S/C20H24BrN3O3S/c1-3-24-15(9-12(11-22)10-16(25)27-4-2)28-19-17(20(24)26)18(19)23-14-7-5-13(21)6-8-14/h5-8,12,15,17-19,23H,3-4,9-10H2,1-2H3. The summed E-state index contributed by atoms with van der Waals surface area (Å²) in [5.74, 6) is -0.705. The lowest BCUT2D eigenvalue weighted by Gasteiger charge is -2.34. The second-order valence-corrected chi connectivity index (χ2v) is 9.23. The minimum atomic E-state index is -0.452. The van der Waals surface area contributed by atoms with E-state index in [0.717, 1.165) is 10.2 Å². The first-order valence-electron chi connectivity index (χ1n) is 9.51. The van der Waals surface area contributed by atoms with Crippen molar-refractivity contribution in [2.75, 3.05) is 18.5 Å². The van der Waals surface area contributed by atoms with Crippen molar-refractivity contribution < 1.29 is 14.3 Å². The predicted octanol–water partition coefficient (Wildman–Crippen LogP) is 3.63. The summed E-state index contributed by atoms with van der Waals surface area (Å²) in [6.07, 6.45) is 0.551. The second-order valence-electron chi connectivity index (χ2n) is 6.95. The molecule has 1 aliphatic carbocycles. The Morgan fingerprint density at radius 1 is 1.39 bits per heavy atom. The van der Waals surface area contributed by atoms with Crippen molar-refractivity contribution >= 4 is 45.3 Å². The Hall–Kier alpha value is -1.72. The topological polar surface area (TPSA) is 82.4 Å². The molecule has 1 heterocycles. The molecule has 0 bridgehead atoms. The van der Waals surface area contributed by atoms with Gasteiger partial charge >= 0.3 is 5.97 Å². The molecule has 3 rings (SSSR count). The molecule has 1 aliphatic heterocycles. The normalized spacial score (nSPS) is 26.8. The molecule has 0 spiro atoms. The molecule has 0 aromatic heterocycles. The highest BCUT2D eigenvalue weighted by Crippen LogP contribution is 2.52. The number of hydrogen-bond donors (Lipinski definition) is 1. The minimum absolute atomic E-state index is 0.0320. The van der Waals surface area contributed by atoms with E-state index < -0.39 is 5.92 Å². The molecule has 8 heteroatoms. The zero-order chi connectivity index (χ0) is 20.3. The number of ether oxygens (including phenoxy) is 1. The van der Waals surface area contributed by atoms with Gasteiger partial charge in [0.2, 0.25) is 5.91 Å². The van der Waals surface area contributed by atoms with Crippen molar-refractivity contribution in [1.82, 2.24) is 4.90 Å². The van der Waals surface area contributed by atoms with Crippen molar-refractivity contribution in [3.63, 3.8) is 0 Å². The number of thioether (sulfide) groups is 1. The number of benzene rings is 1. The molecule has 1 N–H and O–H groups in total. The van der Waals surface area contributed by atoms with Crippen molar-refractivity contribution in [2.45, 2.75) is 43.4 Å². The zero-order valence-corrected chi connectivity index (χ0v) is 18.3. The summed E-state index contributed by atoms with van der Waals surface area (Å²) in [6.45, 7) is 4.61. The van der Waals surface area contributed by atoms with Gasteiger partial charge in [0.1, 0.15) is 0 Å². The maximum absolute atomic E-state index is 12.9. The molecule has 1 saturated carbocycles. The molecular formula is C20H24BrN3O3S. The largest absolute Gasteiger partial charge is 0.466 e. The third-order valence-corrected chi connectivity index (χ3v) is 7.28. The smallest absolute Gasteiger partial charge is 0.307 e. The van der Waals surface area contributed by atoms with E-state index in [-0.39, 0.29) is 40.9 Å². The van der Waals surface area contributed by atoms with Gasteiger partial charge in [-0.1, -0.05) is 15.9 Å². The summed E-state index contributed by atoms with van der Waals surface area (Å²) < 4.78 is 5.98. The fraction of sp³-hybridized carbons (Fsp3) is 0.550. The fourth-order valence-corrected chi connectivity index (χ4v) is 5.78. The van der Waals surface area contributed by atoms with Crippen LogP contribution in [0.2, 0.25) is 0 Å². The predicted molar refractivity (Wildman–Crippen MR) is 113 cm³/mol. The van der Waals surface area contributed by atoms with Crippen molar-refractivity contribution in [1.29, 1.82) is 5.26 Å². The monoisotopic (exact) mass is 465 g/mol. The number of esters is 1. The zero-order valence-electron chi connectivity index (χ0n) is 15.9. The molecule has 28 heavy (non-hydrogen) atoms. The van der Waals surface area contributed by atoms with Crippen LogP contribution in [0.3, 0.4) is 0 Å². The molecule has 1 amide bonds. The number of hydrogen-bond acceptors (Lipinski definition) is 6. The van der Waals surface area contributed by atoms with Crippen LogP contribution in [0.15, 0.2) is 28.7 Å². The summed E-state index contributed by atoms with van der Waals surface area (Å²) in [5, 5.41) is 13.0. The average molecular weight is 466 g/mol. The number of halogens is 1. The number of fused-ring (bicyclic) bond motifs is 1. The van der Waals surface area contributed by atoms with Gasteiger partial charge in [-0.25, -0.2) is 0 Å². The third kappa shape index (κ3) is 4.64. The first kappa shape index (κ1) is 21.0. The number of carbonyl (C=O) groups is 2. The summed E-state index contributed by atoms with van der Waals surface area (Å²) >= 11 is 5.17. The Morgan fingerprint density at radius 3 is 2.71 bits per heavy atom. The molecule has 1 aromatic carbocycles. The van der Waals surface area contributed by atoms with Crippen LogP contribution in [0, 0.1) is 23.2 Å². The van der Waals surface area contributed by atoms with Gasteiger partial charge in [0.25, 0.3) is 0 Å². The van der Waals surface area contributed by atoms with E-state index in [2.05, 4.69) is 27.3 Å². The van der Waals surface area contributed by atoms with Crippen LogP contribution in [0.4, 0.5) is 5.69 Å². The summed E-state index contributed by atoms with van der Waals surface area (Å²) in [5.41, 5.74) is 0.993. The van der Waals surface area contributed by atoms with Gasteiger partial charge < -0.3 is 15.0 Å². The van der Waals surface area contributed by atoms with Crippen molar-refractivity contribution in [3.8, 4) is 6.07 Å². The molecule has 0 radical (unpaired) electrons. The van der Waals surface area contributed by atoms with Crippen LogP contribution in [0.1, 0.15) is 26.7 Å². The number of anilines is 1. The van der Waals surface area contributed by atoms with Gasteiger partial charge in [0.15, 0.2) is 0 Å². The van der Waals surface area contributed by atoms with E-state index in [1.165, 1.54) is 0 Å². The van der Waals surface area contributed by atoms with E-state index in [0.29, 0.717) is 19.6 Å².